The second-order valence-electron chi connectivity index (χ2n) is 4.96. The number of aryl methyl sites for hydroxylation is 1. The summed E-state index contributed by atoms with van der Waals surface area (Å²) in [7, 11) is 1.99. The van der Waals surface area contributed by atoms with Gasteiger partial charge in [0, 0.05) is 25.8 Å². The number of hydrogen-bond donors (Lipinski definition) is 2. The molecule has 1 rings (SSSR count). The molecule has 0 fully saturated rings. The van der Waals surface area contributed by atoms with Gasteiger partial charge in [0.1, 0.15) is 0 Å². The number of hydrogen-bond acceptors (Lipinski definition) is 3. The van der Waals surface area contributed by atoms with E-state index < -0.39 is 5.60 Å². The number of likely N-dealkylation sites (N-methyl/N-ethyl adjacent to an activating group) is 1. The Kier molecular flexibility index (Phi) is 3.94. The number of benzene rings is 1. The molecule has 0 aromatic heterocycles. The molecule has 1 aromatic rings. The van der Waals surface area contributed by atoms with Crippen molar-refractivity contribution in [3.8, 4) is 0 Å². The van der Waals surface area contributed by atoms with Crippen molar-refractivity contribution in [1.82, 2.24) is 0 Å². The van der Waals surface area contributed by atoms with Crippen molar-refractivity contribution in [2.75, 3.05) is 18.5 Å². The van der Waals surface area contributed by atoms with E-state index in [1.54, 1.807) is 0 Å². The Morgan fingerprint density at radius 3 is 2.50 bits per heavy atom. The highest BCUT2D eigenvalue weighted by Crippen LogP contribution is 2.25. The molecule has 0 amide bonds. The molecule has 0 aliphatic rings. The normalized spacial score (nSPS) is 11.6. The highest BCUT2D eigenvalue weighted by Gasteiger charge is 2.18. The lowest BCUT2D eigenvalue weighted by Gasteiger charge is -2.30. The van der Waals surface area contributed by atoms with Crippen molar-refractivity contribution in [3.63, 3.8) is 0 Å². The van der Waals surface area contributed by atoms with Gasteiger partial charge in [0.2, 0.25) is 0 Å². The molecule has 3 heteroatoms. The average Bonchev–Trinajstić information content (AvgIpc) is 2.14. The van der Waals surface area contributed by atoms with Crippen molar-refractivity contribution < 1.29 is 5.11 Å². The summed E-state index contributed by atoms with van der Waals surface area (Å²) < 4.78 is 0. The second-order valence-corrected chi connectivity index (χ2v) is 4.96. The molecule has 0 saturated carbocycles. The van der Waals surface area contributed by atoms with Gasteiger partial charge >= 0.3 is 0 Å². The molecule has 0 aliphatic carbocycles. The minimum Gasteiger partial charge on any atom is -0.389 e. The molecular formula is C13H22N2O. The summed E-state index contributed by atoms with van der Waals surface area (Å²) in [6.07, 6.45) is 0. The lowest BCUT2D eigenvalue weighted by molar-refractivity contribution is 0.0886. The highest BCUT2D eigenvalue weighted by atomic mass is 16.3. The molecule has 0 heterocycles. The molecule has 0 radical (unpaired) electrons. The molecule has 0 unspecified atom stereocenters. The first kappa shape index (κ1) is 13.0. The van der Waals surface area contributed by atoms with E-state index in [1.165, 1.54) is 5.56 Å². The maximum absolute atomic E-state index is 9.83. The first-order valence-electron chi connectivity index (χ1n) is 5.57. The van der Waals surface area contributed by atoms with Crippen LogP contribution in [0.5, 0.6) is 0 Å². The van der Waals surface area contributed by atoms with E-state index >= 15 is 0 Å². The number of aliphatic hydroxyl groups is 1. The van der Waals surface area contributed by atoms with Crippen molar-refractivity contribution in [2.45, 2.75) is 32.9 Å². The quantitative estimate of drug-likeness (QED) is 0.814. The van der Waals surface area contributed by atoms with Gasteiger partial charge in [-0.05, 0) is 31.9 Å². The van der Waals surface area contributed by atoms with Gasteiger partial charge < -0.3 is 15.7 Å². The van der Waals surface area contributed by atoms with Gasteiger partial charge in [-0.15, -0.1) is 0 Å². The topological polar surface area (TPSA) is 49.5 Å². The molecule has 0 spiro atoms. The lowest BCUT2D eigenvalue weighted by Crippen LogP contribution is -2.37. The van der Waals surface area contributed by atoms with Crippen molar-refractivity contribution in [3.05, 3.63) is 29.3 Å². The Morgan fingerprint density at radius 2 is 2.00 bits per heavy atom. The Hall–Kier alpha value is -1.06. The first-order valence-corrected chi connectivity index (χ1v) is 5.57. The standard InChI is InChI=1S/C13H22N2O/c1-10-6-5-7-11(8-14)12(10)15(4)9-13(2,3)16/h5-7,16H,8-9,14H2,1-4H3. The monoisotopic (exact) mass is 222 g/mol. The molecule has 90 valence electrons. The van der Waals surface area contributed by atoms with E-state index in [9.17, 15) is 5.11 Å². The van der Waals surface area contributed by atoms with E-state index in [0.29, 0.717) is 13.1 Å². The third kappa shape index (κ3) is 3.22. The van der Waals surface area contributed by atoms with Crippen molar-refractivity contribution in [2.24, 2.45) is 5.73 Å². The van der Waals surface area contributed by atoms with Gasteiger partial charge in [-0.25, -0.2) is 0 Å². The molecule has 0 aliphatic heterocycles. The maximum Gasteiger partial charge on any atom is 0.0765 e. The van der Waals surface area contributed by atoms with E-state index in [4.69, 9.17) is 5.73 Å². The molecular weight excluding hydrogens is 200 g/mol. The molecule has 0 saturated heterocycles. The molecule has 1 aromatic carbocycles. The first-order chi connectivity index (χ1) is 7.35. The zero-order chi connectivity index (χ0) is 12.3. The van der Waals surface area contributed by atoms with Crippen LogP contribution in [0.25, 0.3) is 0 Å². The third-order valence-electron chi connectivity index (χ3n) is 2.55. The van der Waals surface area contributed by atoms with Gasteiger partial charge in [0.25, 0.3) is 0 Å². The SMILES string of the molecule is Cc1cccc(CN)c1N(C)CC(C)(C)O. The number of para-hydroxylation sites is 1. The van der Waals surface area contributed by atoms with Gasteiger partial charge in [0.05, 0.1) is 5.60 Å². The van der Waals surface area contributed by atoms with E-state index in [-0.39, 0.29) is 0 Å². The smallest absolute Gasteiger partial charge is 0.0765 e. The molecule has 16 heavy (non-hydrogen) atoms. The Bertz CT molecular complexity index is 355. The summed E-state index contributed by atoms with van der Waals surface area (Å²) in [5, 5.41) is 9.83. The average molecular weight is 222 g/mol. The Morgan fingerprint density at radius 1 is 1.38 bits per heavy atom. The second kappa shape index (κ2) is 4.85. The number of rotatable bonds is 4. The summed E-state index contributed by atoms with van der Waals surface area (Å²) in [4.78, 5) is 2.07. The fourth-order valence-electron chi connectivity index (χ4n) is 2.09. The summed E-state index contributed by atoms with van der Waals surface area (Å²) >= 11 is 0. The fraction of sp³-hybridized carbons (Fsp3) is 0.538. The van der Waals surface area contributed by atoms with Crippen LogP contribution in [0.4, 0.5) is 5.69 Å². The number of nitrogens with zero attached hydrogens (tertiary/aromatic N) is 1. The summed E-state index contributed by atoms with van der Waals surface area (Å²) in [6.45, 7) is 6.79. The van der Waals surface area contributed by atoms with E-state index in [2.05, 4.69) is 17.9 Å². The number of nitrogens with two attached hydrogens (primary N) is 1. The third-order valence-corrected chi connectivity index (χ3v) is 2.55. The molecule has 3 nitrogen and oxygen atoms in total. The van der Waals surface area contributed by atoms with Crippen LogP contribution in [0, 0.1) is 6.92 Å². The van der Waals surface area contributed by atoms with Crippen LogP contribution in [0.3, 0.4) is 0 Å². The lowest BCUT2D eigenvalue weighted by atomic mass is 10.0. The van der Waals surface area contributed by atoms with Crippen molar-refractivity contribution in [1.29, 1.82) is 0 Å². The van der Waals surface area contributed by atoms with Crippen LogP contribution in [0.1, 0.15) is 25.0 Å². The summed E-state index contributed by atoms with van der Waals surface area (Å²) in [5.74, 6) is 0. The molecule has 0 bridgehead atoms. The minimum atomic E-state index is -0.705. The van der Waals surface area contributed by atoms with Crippen LogP contribution >= 0.6 is 0 Å². The van der Waals surface area contributed by atoms with Crippen LogP contribution in [-0.4, -0.2) is 24.3 Å². The van der Waals surface area contributed by atoms with Gasteiger partial charge in [-0.1, -0.05) is 18.2 Å². The fourth-order valence-corrected chi connectivity index (χ4v) is 2.09. The van der Waals surface area contributed by atoms with Crippen LogP contribution in [-0.2, 0) is 6.54 Å². The van der Waals surface area contributed by atoms with Crippen LogP contribution in [0.2, 0.25) is 0 Å². The van der Waals surface area contributed by atoms with E-state index in [1.807, 2.05) is 33.0 Å². The van der Waals surface area contributed by atoms with Crippen LogP contribution < -0.4 is 10.6 Å². The van der Waals surface area contributed by atoms with Crippen LogP contribution in [0.15, 0.2) is 18.2 Å². The van der Waals surface area contributed by atoms with Crippen molar-refractivity contribution >= 4 is 5.69 Å². The summed E-state index contributed by atoms with van der Waals surface area (Å²) in [6, 6.07) is 6.11. The Labute approximate surface area is 97.9 Å². The predicted molar refractivity (Wildman–Crippen MR) is 68.6 cm³/mol. The maximum atomic E-state index is 9.83. The minimum absolute atomic E-state index is 0.521. The summed E-state index contributed by atoms with van der Waals surface area (Å²) in [5.41, 5.74) is 8.46. The zero-order valence-corrected chi connectivity index (χ0v) is 10.6. The van der Waals surface area contributed by atoms with E-state index in [0.717, 1.165) is 11.3 Å². The Balaban J connectivity index is 3.02. The largest absolute Gasteiger partial charge is 0.389 e. The molecule has 3 N–H and O–H groups in total. The van der Waals surface area contributed by atoms with Gasteiger partial charge in [-0.3, -0.25) is 0 Å². The van der Waals surface area contributed by atoms with Gasteiger partial charge in [-0.2, -0.15) is 0 Å². The zero-order valence-electron chi connectivity index (χ0n) is 10.6. The predicted octanol–water partition coefficient (Wildman–Crippen LogP) is 1.66. The highest BCUT2D eigenvalue weighted by molar-refractivity contribution is 5.59. The number of anilines is 1. The molecule has 0 atom stereocenters. The van der Waals surface area contributed by atoms with Gasteiger partial charge in [0.15, 0.2) is 0 Å².